The lowest BCUT2D eigenvalue weighted by atomic mass is 9.79. The van der Waals surface area contributed by atoms with E-state index in [0.29, 0.717) is 23.7 Å². The summed E-state index contributed by atoms with van der Waals surface area (Å²) in [5.74, 6) is 2.44. The van der Waals surface area contributed by atoms with Gasteiger partial charge in [0, 0.05) is 12.5 Å². The lowest BCUT2D eigenvalue weighted by molar-refractivity contribution is -0.122. The molecule has 0 aromatic rings. The van der Waals surface area contributed by atoms with Crippen molar-refractivity contribution < 1.29 is 4.79 Å². The van der Waals surface area contributed by atoms with Crippen LogP contribution in [0.4, 0.5) is 0 Å². The van der Waals surface area contributed by atoms with Crippen LogP contribution in [-0.4, -0.2) is 19.0 Å². The number of carbonyl (C=O) groups is 1. The molecule has 0 radical (unpaired) electrons. The highest BCUT2D eigenvalue weighted by atomic mass is 16.2. The molecule has 3 heteroatoms. The van der Waals surface area contributed by atoms with E-state index in [4.69, 9.17) is 5.73 Å². The van der Waals surface area contributed by atoms with Crippen molar-refractivity contribution in [3.63, 3.8) is 0 Å². The van der Waals surface area contributed by atoms with Gasteiger partial charge in [-0.3, -0.25) is 4.79 Å². The van der Waals surface area contributed by atoms with Crippen molar-refractivity contribution >= 4 is 5.91 Å². The van der Waals surface area contributed by atoms with Crippen LogP contribution >= 0.6 is 0 Å². The van der Waals surface area contributed by atoms with Gasteiger partial charge in [0.2, 0.25) is 5.91 Å². The predicted molar refractivity (Wildman–Crippen MR) is 64.8 cm³/mol. The fourth-order valence-electron chi connectivity index (χ4n) is 2.91. The molecule has 0 saturated heterocycles. The molecule has 16 heavy (non-hydrogen) atoms. The Morgan fingerprint density at radius 1 is 1.31 bits per heavy atom. The SMILES string of the molecule is CC1CC1C(=O)NCC1CCCCC1CN. The molecule has 0 heterocycles. The fraction of sp³-hybridized carbons (Fsp3) is 0.923. The Balaban J connectivity index is 1.73. The van der Waals surface area contributed by atoms with Crippen LogP contribution in [0, 0.1) is 23.7 Å². The molecular weight excluding hydrogens is 200 g/mol. The summed E-state index contributed by atoms with van der Waals surface area (Å²) in [7, 11) is 0. The van der Waals surface area contributed by atoms with Crippen molar-refractivity contribution in [2.45, 2.75) is 39.0 Å². The Morgan fingerprint density at radius 2 is 1.94 bits per heavy atom. The van der Waals surface area contributed by atoms with Crippen molar-refractivity contribution in [3.8, 4) is 0 Å². The van der Waals surface area contributed by atoms with E-state index in [2.05, 4.69) is 12.2 Å². The van der Waals surface area contributed by atoms with Crippen molar-refractivity contribution in [3.05, 3.63) is 0 Å². The quantitative estimate of drug-likeness (QED) is 0.761. The topological polar surface area (TPSA) is 55.1 Å². The third-order valence-corrected chi connectivity index (χ3v) is 4.35. The van der Waals surface area contributed by atoms with Crippen molar-refractivity contribution in [2.24, 2.45) is 29.4 Å². The fourth-order valence-corrected chi connectivity index (χ4v) is 2.91. The summed E-state index contributed by atoms with van der Waals surface area (Å²) >= 11 is 0. The van der Waals surface area contributed by atoms with E-state index in [1.165, 1.54) is 25.7 Å². The zero-order valence-corrected chi connectivity index (χ0v) is 10.2. The molecule has 4 unspecified atom stereocenters. The molecule has 4 atom stereocenters. The Kier molecular flexibility index (Phi) is 3.85. The summed E-state index contributed by atoms with van der Waals surface area (Å²) in [6.07, 6.45) is 6.18. The van der Waals surface area contributed by atoms with Gasteiger partial charge in [-0.1, -0.05) is 19.8 Å². The van der Waals surface area contributed by atoms with Crippen LogP contribution in [0.25, 0.3) is 0 Å². The molecule has 0 aromatic carbocycles. The van der Waals surface area contributed by atoms with Gasteiger partial charge in [0.1, 0.15) is 0 Å². The van der Waals surface area contributed by atoms with Crippen LogP contribution in [0.5, 0.6) is 0 Å². The zero-order chi connectivity index (χ0) is 11.5. The molecular formula is C13H24N2O. The van der Waals surface area contributed by atoms with Gasteiger partial charge in [-0.25, -0.2) is 0 Å². The lowest BCUT2D eigenvalue weighted by Crippen LogP contribution is -2.37. The largest absolute Gasteiger partial charge is 0.356 e. The first-order valence-corrected chi connectivity index (χ1v) is 6.70. The number of carbonyl (C=O) groups excluding carboxylic acids is 1. The Bertz CT molecular complexity index is 254. The van der Waals surface area contributed by atoms with E-state index in [0.717, 1.165) is 19.5 Å². The first-order chi connectivity index (χ1) is 7.72. The van der Waals surface area contributed by atoms with E-state index in [9.17, 15) is 4.79 Å². The van der Waals surface area contributed by atoms with Crippen LogP contribution in [0.1, 0.15) is 39.0 Å². The first kappa shape index (κ1) is 11.9. The second-order valence-corrected chi connectivity index (χ2v) is 5.60. The third-order valence-electron chi connectivity index (χ3n) is 4.35. The predicted octanol–water partition coefficient (Wildman–Crippen LogP) is 1.52. The summed E-state index contributed by atoms with van der Waals surface area (Å²) in [6, 6.07) is 0. The first-order valence-electron chi connectivity index (χ1n) is 6.70. The smallest absolute Gasteiger partial charge is 0.223 e. The van der Waals surface area contributed by atoms with Gasteiger partial charge < -0.3 is 11.1 Å². The van der Waals surface area contributed by atoms with Gasteiger partial charge in [-0.05, 0) is 43.6 Å². The monoisotopic (exact) mass is 224 g/mol. The van der Waals surface area contributed by atoms with Gasteiger partial charge in [0.05, 0.1) is 0 Å². The Morgan fingerprint density at radius 3 is 2.50 bits per heavy atom. The standard InChI is InChI=1S/C13H24N2O/c1-9-6-12(9)13(16)15-8-11-5-3-2-4-10(11)7-14/h9-12H,2-8,14H2,1H3,(H,15,16). The van der Waals surface area contributed by atoms with E-state index in [-0.39, 0.29) is 5.91 Å². The lowest BCUT2D eigenvalue weighted by Gasteiger charge is -2.30. The maximum absolute atomic E-state index is 11.7. The number of nitrogens with two attached hydrogens (primary N) is 1. The highest BCUT2D eigenvalue weighted by Crippen LogP contribution is 2.37. The molecule has 3 nitrogen and oxygen atoms in total. The minimum Gasteiger partial charge on any atom is -0.356 e. The number of nitrogens with one attached hydrogen (secondary N) is 1. The van der Waals surface area contributed by atoms with Crippen LogP contribution in [0.15, 0.2) is 0 Å². The molecule has 0 bridgehead atoms. The molecule has 0 spiro atoms. The molecule has 2 saturated carbocycles. The summed E-state index contributed by atoms with van der Waals surface area (Å²) in [5, 5.41) is 3.11. The van der Waals surface area contributed by atoms with E-state index in [1.54, 1.807) is 0 Å². The molecule has 2 aliphatic carbocycles. The summed E-state index contributed by atoms with van der Waals surface area (Å²) in [5.41, 5.74) is 5.78. The summed E-state index contributed by atoms with van der Waals surface area (Å²) in [4.78, 5) is 11.7. The minimum absolute atomic E-state index is 0.272. The number of rotatable bonds is 4. The van der Waals surface area contributed by atoms with Gasteiger partial charge in [0.25, 0.3) is 0 Å². The molecule has 3 N–H and O–H groups in total. The number of hydrogen-bond donors (Lipinski definition) is 2. The molecule has 1 amide bonds. The second-order valence-electron chi connectivity index (χ2n) is 5.60. The highest BCUT2D eigenvalue weighted by Gasteiger charge is 2.39. The highest BCUT2D eigenvalue weighted by molar-refractivity contribution is 5.81. The van der Waals surface area contributed by atoms with Crippen molar-refractivity contribution in [1.29, 1.82) is 0 Å². The minimum atomic E-state index is 0.272. The van der Waals surface area contributed by atoms with Gasteiger partial charge in [-0.15, -0.1) is 0 Å². The molecule has 2 rings (SSSR count). The summed E-state index contributed by atoms with van der Waals surface area (Å²) < 4.78 is 0. The van der Waals surface area contributed by atoms with Crippen LogP contribution in [0.3, 0.4) is 0 Å². The molecule has 2 fully saturated rings. The average Bonchev–Trinajstić information content (AvgIpc) is 3.04. The number of hydrogen-bond acceptors (Lipinski definition) is 2. The van der Waals surface area contributed by atoms with Crippen molar-refractivity contribution in [1.82, 2.24) is 5.32 Å². The average molecular weight is 224 g/mol. The molecule has 0 aromatic heterocycles. The molecule has 0 aliphatic heterocycles. The molecule has 2 aliphatic rings. The maximum Gasteiger partial charge on any atom is 0.223 e. The van der Waals surface area contributed by atoms with Gasteiger partial charge in [0.15, 0.2) is 0 Å². The number of amides is 1. The second kappa shape index (κ2) is 5.17. The van der Waals surface area contributed by atoms with Gasteiger partial charge >= 0.3 is 0 Å². The van der Waals surface area contributed by atoms with Crippen LogP contribution < -0.4 is 11.1 Å². The van der Waals surface area contributed by atoms with E-state index in [1.807, 2.05) is 0 Å². The molecule has 92 valence electrons. The van der Waals surface area contributed by atoms with E-state index >= 15 is 0 Å². The third kappa shape index (κ3) is 2.76. The van der Waals surface area contributed by atoms with Crippen molar-refractivity contribution in [2.75, 3.05) is 13.1 Å². The van der Waals surface area contributed by atoms with Crippen LogP contribution in [0.2, 0.25) is 0 Å². The summed E-state index contributed by atoms with van der Waals surface area (Å²) in [6.45, 7) is 3.78. The Hall–Kier alpha value is -0.570. The van der Waals surface area contributed by atoms with Crippen LogP contribution in [-0.2, 0) is 4.79 Å². The zero-order valence-electron chi connectivity index (χ0n) is 10.2. The maximum atomic E-state index is 11.7. The normalized spacial score (nSPS) is 38.1. The Labute approximate surface area is 98.2 Å². The van der Waals surface area contributed by atoms with E-state index < -0.39 is 0 Å². The van der Waals surface area contributed by atoms with Gasteiger partial charge in [-0.2, -0.15) is 0 Å².